The minimum absolute atomic E-state index is 0.157. The number of esters is 2. The highest BCUT2D eigenvalue weighted by atomic mass is 16.6. The number of cyclic esters (lactones) is 1. The monoisotopic (exact) mass is 560 g/mol. The molecular weight excluding hydrogens is 520 g/mol. The van der Waals surface area contributed by atoms with E-state index in [1.165, 1.54) is 0 Å². The lowest BCUT2D eigenvalue weighted by Gasteiger charge is -2.38. The van der Waals surface area contributed by atoms with Gasteiger partial charge in [0.05, 0.1) is 13.2 Å². The first kappa shape index (κ1) is 30.8. The Morgan fingerprint density at radius 1 is 1.12 bits per heavy atom. The number of carbonyl (C=O) groups excluding carboxylic acids is 4. The zero-order chi connectivity index (χ0) is 29.4. The van der Waals surface area contributed by atoms with Gasteiger partial charge in [-0.2, -0.15) is 0 Å². The quantitative estimate of drug-likeness (QED) is 0.177. The summed E-state index contributed by atoms with van der Waals surface area (Å²) in [6.45, 7) is 12.9. The zero-order valence-electron chi connectivity index (χ0n) is 23.8. The molecule has 0 bridgehead atoms. The largest absolute Gasteiger partial charge is 0.465 e. The molecular formula is C27H40N6O7. The molecule has 13 heteroatoms. The Hall–Kier alpha value is -3.71. The second-order valence-electron chi connectivity index (χ2n) is 10.7. The fourth-order valence-electron chi connectivity index (χ4n) is 4.39. The normalized spacial score (nSPS) is 19.0. The molecule has 2 aliphatic heterocycles. The van der Waals surface area contributed by atoms with E-state index in [1.54, 1.807) is 36.1 Å². The number of carbonyl (C=O) groups is 4. The molecule has 40 heavy (non-hydrogen) atoms. The minimum atomic E-state index is -0.701. The van der Waals surface area contributed by atoms with Crippen molar-refractivity contribution in [3.63, 3.8) is 0 Å². The van der Waals surface area contributed by atoms with Crippen molar-refractivity contribution < 1.29 is 33.4 Å². The smallest absolute Gasteiger partial charge is 0.414 e. The molecule has 3 amide bonds. The Labute approximate surface area is 234 Å². The predicted molar refractivity (Wildman–Crippen MR) is 147 cm³/mol. The number of rotatable bonds is 9. The molecule has 220 valence electrons. The van der Waals surface area contributed by atoms with Crippen molar-refractivity contribution in [3.8, 4) is 0 Å². The molecule has 1 aromatic rings. The summed E-state index contributed by atoms with van der Waals surface area (Å²) < 4.78 is 15.9. The van der Waals surface area contributed by atoms with Gasteiger partial charge >= 0.3 is 24.1 Å². The minimum Gasteiger partial charge on any atom is -0.465 e. The number of nitrogens with one attached hydrogen (secondary N) is 3. The molecule has 0 aromatic heterocycles. The lowest BCUT2D eigenvalue weighted by Crippen LogP contribution is -2.54. The third-order valence-electron chi connectivity index (χ3n) is 6.44. The number of ether oxygens (including phenoxy) is 3. The number of anilines is 1. The van der Waals surface area contributed by atoms with Crippen LogP contribution in [0.3, 0.4) is 0 Å². The second kappa shape index (κ2) is 13.6. The molecule has 2 saturated heterocycles. The molecule has 0 radical (unpaired) electrons. The first-order valence-corrected chi connectivity index (χ1v) is 13.4. The molecule has 2 heterocycles. The summed E-state index contributed by atoms with van der Waals surface area (Å²) in [4.78, 5) is 54.1. The fraction of sp³-hybridized carbons (Fsp3) is 0.593. The van der Waals surface area contributed by atoms with Gasteiger partial charge in [0.15, 0.2) is 0 Å². The fourth-order valence-corrected chi connectivity index (χ4v) is 4.39. The van der Waals surface area contributed by atoms with Crippen molar-refractivity contribution in [2.45, 2.75) is 52.4 Å². The van der Waals surface area contributed by atoms with Crippen molar-refractivity contribution >= 4 is 35.6 Å². The molecule has 0 saturated carbocycles. The van der Waals surface area contributed by atoms with Crippen LogP contribution in [0.15, 0.2) is 24.3 Å². The van der Waals surface area contributed by atoms with Crippen LogP contribution in [0.4, 0.5) is 15.3 Å². The number of nitrogens with zero attached hydrogens (tertiary/aromatic N) is 3. The first-order chi connectivity index (χ1) is 18.9. The lowest BCUT2D eigenvalue weighted by atomic mass is 10.1. The van der Waals surface area contributed by atoms with E-state index in [-0.39, 0.29) is 37.1 Å². The topological polar surface area (TPSA) is 154 Å². The van der Waals surface area contributed by atoms with Crippen LogP contribution in [0.2, 0.25) is 0 Å². The molecule has 2 unspecified atom stereocenters. The van der Waals surface area contributed by atoms with Crippen LogP contribution >= 0.6 is 0 Å². The average molecular weight is 561 g/mol. The van der Waals surface area contributed by atoms with Crippen molar-refractivity contribution in [2.75, 3.05) is 57.3 Å². The van der Waals surface area contributed by atoms with Crippen molar-refractivity contribution in [2.24, 2.45) is 0 Å². The zero-order valence-corrected chi connectivity index (χ0v) is 23.8. The highest BCUT2D eigenvalue weighted by molar-refractivity contribution is 6.06. The summed E-state index contributed by atoms with van der Waals surface area (Å²) in [5.74, 6) is -0.954. The number of urea groups is 1. The van der Waals surface area contributed by atoms with E-state index in [0.717, 1.165) is 13.1 Å². The summed E-state index contributed by atoms with van der Waals surface area (Å²) in [6.07, 6.45) is -0.744. The van der Waals surface area contributed by atoms with Crippen molar-refractivity contribution in [3.05, 3.63) is 29.8 Å². The summed E-state index contributed by atoms with van der Waals surface area (Å²) in [6, 6.07) is 5.59. The van der Waals surface area contributed by atoms with Crippen molar-refractivity contribution in [1.82, 2.24) is 20.4 Å². The van der Waals surface area contributed by atoms with Gasteiger partial charge in [0, 0.05) is 44.0 Å². The van der Waals surface area contributed by atoms with Gasteiger partial charge in [-0.3, -0.25) is 35.0 Å². The lowest BCUT2D eigenvalue weighted by molar-refractivity contribution is -0.161. The molecule has 0 spiro atoms. The van der Waals surface area contributed by atoms with Gasteiger partial charge in [-0.15, -0.1) is 0 Å². The Balaban J connectivity index is 1.45. The van der Waals surface area contributed by atoms with Gasteiger partial charge in [-0.1, -0.05) is 0 Å². The van der Waals surface area contributed by atoms with Gasteiger partial charge in [-0.05, 0) is 58.9 Å². The SMILES string of the molecule is CCOC(=O)CNC(=O)NC(=N)c1ccc(N2CC(CN3CCN(C(C)C(=O)OC(C)(C)C)CC3)OC2=O)cc1. The number of amides is 3. The van der Waals surface area contributed by atoms with Crippen LogP contribution in [0.25, 0.3) is 0 Å². The number of amidine groups is 1. The Bertz CT molecular complexity index is 1080. The molecule has 2 aliphatic rings. The standard InChI is InChI=1S/C27H40N6O7/c1-6-38-22(34)15-29-25(36)30-23(28)19-7-9-20(10-8-19)33-17-21(39-26(33)37)16-31-11-13-32(14-12-31)18(2)24(35)40-27(3,4)5/h7-10,18,21H,6,11-17H2,1-5H3,(H3,28,29,30,36). The Morgan fingerprint density at radius 2 is 1.77 bits per heavy atom. The molecule has 2 fully saturated rings. The second-order valence-corrected chi connectivity index (χ2v) is 10.7. The van der Waals surface area contributed by atoms with Crippen LogP contribution in [-0.4, -0.2) is 110 Å². The maximum Gasteiger partial charge on any atom is 0.414 e. The molecule has 13 nitrogen and oxygen atoms in total. The van der Waals surface area contributed by atoms with Gasteiger partial charge in [-0.25, -0.2) is 9.59 Å². The van der Waals surface area contributed by atoms with Crippen LogP contribution in [-0.2, 0) is 23.8 Å². The first-order valence-electron chi connectivity index (χ1n) is 13.4. The summed E-state index contributed by atoms with van der Waals surface area (Å²) in [5.41, 5.74) is 0.525. The number of benzene rings is 1. The van der Waals surface area contributed by atoms with E-state index in [9.17, 15) is 19.2 Å². The van der Waals surface area contributed by atoms with Gasteiger partial charge in [0.2, 0.25) is 0 Å². The maximum atomic E-state index is 12.6. The van der Waals surface area contributed by atoms with E-state index in [1.807, 2.05) is 27.7 Å². The number of hydrogen-bond donors (Lipinski definition) is 3. The number of hydrogen-bond acceptors (Lipinski definition) is 10. The van der Waals surface area contributed by atoms with E-state index in [2.05, 4.69) is 20.4 Å². The van der Waals surface area contributed by atoms with Gasteiger partial charge < -0.3 is 19.5 Å². The van der Waals surface area contributed by atoms with Gasteiger partial charge in [0.1, 0.15) is 30.1 Å². The summed E-state index contributed by atoms with van der Waals surface area (Å²) in [5, 5.41) is 12.8. The van der Waals surface area contributed by atoms with Crippen LogP contribution in [0.5, 0.6) is 0 Å². The van der Waals surface area contributed by atoms with E-state index >= 15 is 0 Å². The van der Waals surface area contributed by atoms with E-state index in [4.69, 9.17) is 19.6 Å². The van der Waals surface area contributed by atoms with E-state index in [0.29, 0.717) is 37.4 Å². The molecule has 0 aliphatic carbocycles. The Kier molecular flexibility index (Phi) is 10.5. The third-order valence-corrected chi connectivity index (χ3v) is 6.44. The Morgan fingerprint density at radius 3 is 2.38 bits per heavy atom. The van der Waals surface area contributed by atoms with E-state index < -0.39 is 23.7 Å². The predicted octanol–water partition coefficient (Wildman–Crippen LogP) is 1.55. The molecule has 1 aromatic carbocycles. The molecule has 3 N–H and O–H groups in total. The number of piperazine rings is 1. The van der Waals surface area contributed by atoms with Gasteiger partial charge in [0.25, 0.3) is 0 Å². The van der Waals surface area contributed by atoms with Crippen molar-refractivity contribution in [1.29, 1.82) is 5.41 Å². The maximum absolute atomic E-state index is 12.6. The van der Waals surface area contributed by atoms with Crippen LogP contribution in [0.1, 0.15) is 40.2 Å². The third kappa shape index (κ3) is 8.91. The molecule has 2 atom stereocenters. The summed E-state index contributed by atoms with van der Waals surface area (Å²) in [7, 11) is 0. The highest BCUT2D eigenvalue weighted by Crippen LogP contribution is 2.23. The van der Waals surface area contributed by atoms with Crippen LogP contribution in [0, 0.1) is 5.41 Å². The average Bonchev–Trinajstić information content (AvgIpc) is 3.26. The highest BCUT2D eigenvalue weighted by Gasteiger charge is 2.35. The summed E-state index contributed by atoms with van der Waals surface area (Å²) >= 11 is 0. The van der Waals surface area contributed by atoms with Crippen LogP contribution < -0.4 is 15.5 Å². The molecule has 3 rings (SSSR count).